The SMILES string of the molecule is C[C@H](O)[C@@H](CO)O[C@H](CO)n1ccc(=O)[nH]c1=O. The molecule has 0 radical (unpaired) electrons. The largest absolute Gasteiger partial charge is 0.394 e. The first kappa shape index (κ1) is 14.6. The molecule has 0 unspecified atom stereocenters. The summed E-state index contributed by atoms with van der Waals surface area (Å²) in [5, 5.41) is 27.5. The minimum Gasteiger partial charge on any atom is -0.394 e. The Bertz CT molecular complexity index is 480. The molecule has 0 amide bonds. The van der Waals surface area contributed by atoms with E-state index in [2.05, 4.69) is 0 Å². The Kier molecular flexibility index (Phi) is 5.23. The zero-order chi connectivity index (χ0) is 13.7. The molecule has 8 nitrogen and oxygen atoms in total. The lowest BCUT2D eigenvalue weighted by Gasteiger charge is -2.25. The summed E-state index contributed by atoms with van der Waals surface area (Å²) in [6.45, 7) is 0.395. The van der Waals surface area contributed by atoms with Crippen molar-refractivity contribution >= 4 is 0 Å². The van der Waals surface area contributed by atoms with E-state index in [-0.39, 0.29) is 0 Å². The lowest BCUT2D eigenvalue weighted by atomic mass is 10.2. The zero-order valence-electron chi connectivity index (χ0n) is 9.81. The molecule has 3 atom stereocenters. The smallest absolute Gasteiger partial charge is 0.330 e. The van der Waals surface area contributed by atoms with Crippen LogP contribution >= 0.6 is 0 Å². The highest BCUT2D eigenvalue weighted by Crippen LogP contribution is 2.10. The molecule has 18 heavy (non-hydrogen) atoms. The molecule has 0 aliphatic carbocycles. The molecular weight excluding hydrogens is 244 g/mol. The molecule has 1 aromatic rings. The summed E-state index contributed by atoms with van der Waals surface area (Å²) in [5.74, 6) is 0. The molecule has 4 N–H and O–H groups in total. The molecule has 0 aromatic carbocycles. The normalized spacial score (nSPS) is 16.2. The minimum absolute atomic E-state index is 0.466. The van der Waals surface area contributed by atoms with Gasteiger partial charge in [0.1, 0.15) is 6.10 Å². The first-order valence-corrected chi connectivity index (χ1v) is 5.36. The third-order valence-electron chi connectivity index (χ3n) is 2.37. The summed E-state index contributed by atoms with van der Waals surface area (Å²) < 4.78 is 6.17. The number of aliphatic hydroxyl groups is 3. The van der Waals surface area contributed by atoms with Crippen LogP contribution in [0.1, 0.15) is 13.2 Å². The van der Waals surface area contributed by atoms with Gasteiger partial charge in [0.25, 0.3) is 5.56 Å². The highest BCUT2D eigenvalue weighted by atomic mass is 16.5. The van der Waals surface area contributed by atoms with Crippen LogP contribution in [0.15, 0.2) is 21.9 Å². The average molecular weight is 260 g/mol. The van der Waals surface area contributed by atoms with Gasteiger partial charge in [-0.05, 0) is 6.92 Å². The molecule has 1 rings (SSSR count). The van der Waals surface area contributed by atoms with E-state index < -0.39 is 42.9 Å². The molecule has 0 bridgehead atoms. The molecule has 8 heteroatoms. The number of hydrogen-bond donors (Lipinski definition) is 4. The molecule has 0 saturated carbocycles. The van der Waals surface area contributed by atoms with E-state index >= 15 is 0 Å². The van der Waals surface area contributed by atoms with E-state index in [1.807, 2.05) is 4.98 Å². The van der Waals surface area contributed by atoms with Crippen molar-refractivity contribution < 1.29 is 20.1 Å². The summed E-state index contributed by atoms with van der Waals surface area (Å²) in [6, 6.07) is 1.10. The van der Waals surface area contributed by atoms with Crippen molar-refractivity contribution in [3.05, 3.63) is 33.1 Å². The van der Waals surface area contributed by atoms with Gasteiger partial charge in [-0.15, -0.1) is 0 Å². The Morgan fingerprint density at radius 3 is 2.50 bits per heavy atom. The van der Waals surface area contributed by atoms with Gasteiger partial charge in [-0.25, -0.2) is 4.79 Å². The van der Waals surface area contributed by atoms with Crippen LogP contribution < -0.4 is 11.2 Å². The van der Waals surface area contributed by atoms with Crippen LogP contribution in [0, 0.1) is 0 Å². The predicted octanol–water partition coefficient (Wildman–Crippen LogP) is -2.21. The zero-order valence-corrected chi connectivity index (χ0v) is 9.81. The Labute approximate surface area is 102 Å². The van der Waals surface area contributed by atoms with Gasteiger partial charge in [-0.3, -0.25) is 14.3 Å². The van der Waals surface area contributed by atoms with Gasteiger partial charge >= 0.3 is 5.69 Å². The Balaban J connectivity index is 2.96. The number of hydrogen-bond acceptors (Lipinski definition) is 6. The summed E-state index contributed by atoms with van der Waals surface area (Å²) in [6.07, 6.45) is -1.84. The van der Waals surface area contributed by atoms with Gasteiger partial charge in [-0.1, -0.05) is 0 Å². The van der Waals surface area contributed by atoms with Crippen LogP contribution in [0.25, 0.3) is 0 Å². The van der Waals surface area contributed by atoms with Crippen LogP contribution in [0.3, 0.4) is 0 Å². The van der Waals surface area contributed by atoms with Crippen molar-refractivity contribution in [2.45, 2.75) is 25.4 Å². The molecular formula is C10H16N2O6. The van der Waals surface area contributed by atoms with Gasteiger partial charge < -0.3 is 20.1 Å². The van der Waals surface area contributed by atoms with Crippen LogP contribution in [0.5, 0.6) is 0 Å². The van der Waals surface area contributed by atoms with E-state index in [4.69, 9.17) is 14.9 Å². The van der Waals surface area contributed by atoms with Gasteiger partial charge in [0.15, 0.2) is 6.23 Å². The molecule has 0 aliphatic rings. The second kappa shape index (κ2) is 6.45. The molecule has 1 aromatic heterocycles. The Morgan fingerprint density at radius 2 is 2.06 bits per heavy atom. The van der Waals surface area contributed by atoms with E-state index in [9.17, 15) is 14.7 Å². The van der Waals surface area contributed by atoms with Gasteiger partial charge in [0.2, 0.25) is 0 Å². The summed E-state index contributed by atoms with van der Waals surface area (Å²) in [7, 11) is 0. The fourth-order valence-electron chi connectivity index (χ4n) is 1.36. The molecule has 0 aliphatic heterocycles. The number of nitrogens with zero attached hydrogens (tertiary/aromatic N) is 1. The van der Waals surface area contributed by atoms with Gasteiger partial charge in [0, 0.05) is 12.3 Å². The number of rotatable bonds is 6. The second-order valence-electron chi connectivity index (χ2n) is 3.75. The van der Waals surface area contributed by atoms with Crippen LogP contribution in [0.2, 0.25) is 0 Å². The molecule has 0 saturated heterocycles. The van der Waals surface area contributed by atoms with Crippen molar-refractivity contribution in [1.29, 1.82) is 0 Å². The molecule has 1 heterocycles. The van der Waals surface area contributed by atoms with Gasteiger partial charge in [-0.2, -0.15) is 0 Å². The lowest BCUT2D eigenvalue weighted by molar-refractivity contribution is -0.134. The number of H-pyrrole nitrogens is 1. The van der Waals surface area contributed by atoms with Crippen LogP contribution in [-0.2, 0) is 4.74 Å². The summed E-state index contributed by atoms with van der Waals surface area (Å²) in [4.78, 5) is 24.4. The van der Waals surface area contributed by atoms with Crippen molar-refractivity contribution in [1.82, 2.24) is 9.55 Å². The minimum atomic E-state index is -1.10. The first-order valence-electron chi connectivity index (χ1n) is 5.36. The maximum absolute atomic E-state index is 11.5. The van der Waals surface area contributed by atoms with Crippen molar-refractivity contribution in [3.8, 4) is 0 Å². The predicted molar refractivity (Wildman–Crippen MR) is 61.1 cm³/mol. The number of aromatic amines is 1. The standard InChI is InChI=1S/C10H16N2O6/c1-6(15)7(4-13)18-9(5-14)12-3-2-8(16)11-10(12)17/h2-3,6-7,9,13-15H,4-5H2,1H3,(H,11,16,17)/t6-,7+,9+/m0/s1. The van der Waals surface area contributed by atoms with Crippen molar-refractivity contribution in [2.75, 3.05) is 13.2 Å². The topological polar surface area (TPSA) is 125 Å². The fourth-order valence-corrected chi connectivity index (χ4v) is 1.36. The monoisotopic (exact) mass is 260 g/mol. The highest BCUT2D eigenvalue weighted by Gasteiger charge is 2.21. The second-order valence-corrected chi connectivity index (χ2v) is 3.75. The Morgan fingerprint density at radius 1 is 1.39 bits per heavy atom. The number of ether oxygens (including phenoxy) is 1. The molecule has 0 fully saturated rings. The van der Waals surface area contributed by atoms with Crippen LogP contribution in [-0.4, -0.2) is 50.3 Å². The van der Waals surface area contributed by atoms with E-state index in [1.165, 1.54) is 13.1 Å². The van der Waals surface area contributed by atoms with Gasteiger partial charge in [0.05, 0.1) is 19.3 Å². The third-order valence-corrected chi connectivity index (χ3v) is 2.37. The molecule has 0 spiro atoms. The number of nitrogens with one attached hydrogen (secondary N) is 1. The van der Waals surface area contributed by atoms with E-state index in [0.717, 1.165) is 10.6 Å². The van der Waals surface area contributed by atoms with Crippen LogP contribution in [0.4, 0.5) is 0 Å². The average Bonchev–Trinajstić information content (AvgIpc) is 2.31. The summed E-state index contributed by atoms with van der Waals surface area (Å²) >= 11 is 0. The number of aromatic nitrogens is 2. The maximum Gasteiger partial charge on any atom is 0.330 e. The summed E-state index contributed by atoms with van der Waals surface area (Å²) in [5.41, 5.74) is -1.31. The molecule has 102 valence electrons. The third kappa shape index (κ3) is 3.50. The van der Waals surface area contributed by atoms with E-state index in [0.29, 0.717) is 0 Å². The maximum atomic E-state index is 11.5. The fraction of sp³-hybridized carbons (Fsp3) is 0.600. The van der Waals surface area contributed by atoms with E-state index in [1.54, 1.807) is 0 Å². The highest BCUT2D eigenvalue weighted by molar-refractivity contribution is 4.84. The number of aliphatic hydroxyl groups excluding tert-OH is 3. The Hall–Kier alpha value is -1.48. The van der Waals surface area contributed by atoms with Crippen molar-refractivity contribution in [2.24, 2.45) is 0 Å². The lowest BCUT2D eigenvalue weighted by Crippen LogP contribution is -2.39. The van der Waals surface area contributed by atoms with Crippen molar-refractivity contribution in [3.63, 3.8) is 0 Å². The quantitative estimate of drug-likeness (QED) is 0.459. The first-order chi connectivity index (χ1) is 8.49.